The maximum atomic E-state index is 12.7. The van der Waals surface area contributed by atoms with Crippen LogP contribution in [0.3, 0.4) is 0 Å². The molecule has 0 bridgehead atoms. The van der Waals surface area contributed by atoms with Crippen molar-refractivity contribution in [1.82, 2.24) is 19.9 Å². The number of nitrogens with zero attached hydrogens (tertiary/aromatic N) is 4. The van der Waals surface area contributed by atoms with Gasteiger partial charge in [0.15, 0.2) is 5.82 Å². The van der Waals surface area contributed by atoms with Crippen molar-refractivity contribution in [3.8, 4) is 28.4 Å². The molecular weight excluding hydrogens is 364 g/mol. The largest absolute Gasteiger partial charge is 0.434 e. The zero-order valence-electron chi connectivity index (χ0n) is 14.8. The SMILES string of the molecule is CNc1nc(-c2cnccn2)nc2cc(-c3ccccc3OC(F)F)ccc12. The molecule has 0 amide bonds. The third-order valence-electron chi connectivity index (χ3n) is 4.14. The summed E-state index contributed by atoms with van der Waals surface area (Å²) in [6, 6.07) is 12.1. The van der Waals surface area contributed by atoms with Crippen molar-refractivity contribution >= 4 is 16.7 Å². The van der Waals surface area contributed by atoms with Crippen molar-refractivity contribution < 1.29 is 13.5 Å². The van der Waals surface area contributed by atoms with Crippen LogP contribution >= 0.6 is 0 Å². The van der Waals surface area contributed by atoms with Crippen LogP contribution in [0.25, 0.3) is 33.5 Å². The lowest BCUT2D eigenvalue weighted by Crippen LogP contribution is -2.03. The summed E-state index contributed by atoms with van der Waals surface area (Å²) in [7, 11) is 1.77. The maximum Gasteiger partial charge on any atom is 0.387 e. The summed E-state index contributed by atoms with van der Waals surface area (Å²) in [5.41, 5.74) is 2.43. The Labute approximate surface area is 159 Å². The Balaban J connectivity index is 1.87. The number of halogens is 2. The van der Waals surface area contributed by atoms with Gasteiger partial charge >= 0.3 is 6.61 Å². The monoisotopic (exact) mass is 379 g/mol. The topological polar surface area (TPSA) is 72.8 Å². The van der Waals surface area contributed by atoms with Crippen LogP contribution in [0.15, 0.2) is 61.1 Å². The molecule has 6 nitrogen and oxygen atoms in total. The zero-order chi connectivity index (χ0) is 19.5. The fraction of sp³-hybridized carbons (Fsp3) is 0.100. The molecule has 0 saturated carbocycles. The molecule has 2 aromatic carbocycles. The van der Waals surface area contributed by atoms with Gasteiger partial charge in [-0.1, -0.05) is 24.3 Å². The van der Waals surface area contributed by atoms with E-state index in [1.54, 1.807) is 43.8 Å². The minimum Gasteiger partial charge on any atom is -0.434 e. The smallest absolute Gasteiger partial charge is 0.387 e. The van der Waals surface area contributed by atoms with Crippen molar-refractivity contribution in [2.45, 2.75) is 6.61 Å². The Bertz CT molecular complexity index is 1120. The summed E-state index contributed by atoms with van der Waals surface area (Å²) in [6.45, 7) is -2.90. The molecule has 0 aliphatic carbocycles. The molecule has 28 heavy (non-hydrogen) atoms. The van der Waals surface area contributed by atoms with E-state index in [1.165, 1.54) is 6.07 Å². The van der Waals surface area contributed by atoms with E-state index in [0.717, 1.165) is 5.39 Å². The normalized spacial score (nSPS) is 11.0. The third kappa shape index (κ3) is 3.44. The quantitative estimate of drug-likeness (QED) is 0.554. The molecule has 0 atom stereocenters. The van der Waals surface area contributed by atoms with Crippen LogP contribution in [0.1, 0.15) is 0 Å². The van der Waals surface area contributed by atoms with E-state index in [0.29, 0.717) is 34.0 Å². The second-order valence-corrected chi connectivity index (χ2v) is 5.84. The fourth-order valence-electron chi connectivity index (χ4n) is 2.92. The van der Waals surface area contributed by atoms with Crippen molar-refractivity contribution in [1.29, 1.82) is 0 Å². The van der Waals surface area contributed by atoms with E-state index in [2.05, 4.69) is 30.0 Å². The van der Waals surface area contributed by atoms with Gasteiger partial charge in [-0.3, -0.25) is 4.98 Å². The third-order valence-corrected chi connectivity index (χ3v) is 4.14. The highest BCUT2D eigenvalue weighted by Crippen LogP contribution is 2.34. The molecule has 1 N–H and O–H groups in total. The van der Waals surface area contributed by atoms with Crippen LogP contribution in [-0.4, -0.2) is 33.6 Å². The average molecular weight is 379 g/mol. The number of nitrogens with one attached hydrogen (secondary N) is 1. The molecule has 0 unspecified atom stereocenters. The molecule has 8 heteroatoms. The standard InChI is InChI=1S/C20H15F2N5O/c1-23-18-14-7-6-12(13-4-2-3-5-17(13)28-20(21)22)10-15(14)26-19(27-18)16-11-24-8-9-25-16/h2-11,20H,1H3,(H,23,26,27). The van der Waals surface area contributed by atoms with Gasteiger partial charge in [0.1, 0.15) is 17.3 Å². The Hall–Kier alpha value is -3.68. The molecule has 140 valence electrons. The minimum absolute atomic E-state index is 0.105. The molecule has 0 fully saturated rings. The van der Waals surface area contributed by atoms with E-state index >= 15 is 0 Å². The number of hydrogen-bond acceptors (Lipinski definition) is 6. The first kappa shape index (κ1) is 17.7. The second-order valence-electron chi connectivity index (χ2n) is 5.84. The lowest BCUT2D eigenvalue weighted by molar-refractivity contribution is -0.0494. The predicted molar refractivity (Wildman–Crippen MR) is 102 cm³/mol. The molecule has 4 rings (SSSR count). The summed E-state index contributed by atoms with van der Waals surface area (Å²) in [6.07, 6.45) is 4.72. The number of hydrogen-bond donors (Lipinski definition) is 1. The van der Waals surface area contributed by atoms with E-state index in [4.69, 9.17) is 0 Å². The van der Waals surface area contributed by atoms with Crippen LogP contribution in [0.4, 0.5) is 14.6 Å². The van der Waals surface area contributed by atoms with Gasteiger partial charge in [0.25, 0.3) is 0 Å². The number of alkyl halides is 2. The molecule has 0 aliphatic heterocycles. The van der Waals surface area contributed by atoms with Crippen LogP contribution in [0, 0.1) is 0 Å². The van der Waals surface area contributed by atoms with E-state index in [1.807, 2.05) is 18.2 Å². The highest BCUT2D eigenvalue weighted by Gasteiger charge is 2.14. The van der Waals surface area contributed by atoms with Gasteiger partial charge in [-0.05, 0) is 23.8 Å². The van der Waals surface area contributed by atoms with Gasteiger partial charge in [-0.2, -0.15) is 8.78 Å². The number of aromatic nitrogens is 4. The lowest BCUT2D eigenvalue weighted by atomic mass is 10.0. The first-order chi connectivity index (χ1) is 13.7. The molecule has 0 radical (unpaired) electrons. The van der Waals surface area contributed by atoms with Gasteiger partial charge in [0.05, 0.1) is 11.7 Å². The van der Waals surface area contributed by atoms with E-state index < -0.39 is 6.61 Å². The number of fused-ring (bicyclic) bond motifs is 1. The van der Waals surface area contributed by atoms with Crippen molar-refractivity contribution in [2.24, 2.45) is 0 Å². The summed E-state index contributed by atoms with van der Waals surface area (Å²) in [4.78, 5) is 17.4. The van der Waals surface area contributed by atoms with Crippen LogP contribution in [-0.2, 0) is 0 Å². The Kier molecular flexibility index (Phi) is 4.76. The summed E-state index contributed by atoms with van der Waals surface area (Å²) >= 11 is 0. The van der Waals surface area contributed by atoms with Crippen LogP contribution in [0.5, 0.6) is 5.75 Å². The number of ether oxygens (including phenoxy) is 1. The summed E-state index contributed by atoms with van der Waals surface area (Å²) in [5.74, 6) is 1.16. The van der Waals surface area contributed by atoms with Crippen molar-refractivity contribution in [3.63, 3.8) is 0 Å². The maximum absolute atomic E-state index is 12.7. The van der Waals surface area contributed by atoms with Gasteiger partial charge in [0, 0.05) is 30.4 Å². The number of para-hydroxylation sites is 1. The zero-order valence-corrected chi connectivity index (χ0v) is 14.8. The first-order valence-corrected chi connectivity index (χ1v) is 8.46. The van der Waals surface area contributed by atoms with Crippen LogP contribution < -0.4 is 10.1 Å². The summed E-state index contributed by atoms with van der Waals surface area (Å²) < 4.78 is 30.1. The molecule has 2 aromatic heterocycles. The van der Waals surface area contributed by atoms with E-state index in [-0.39, 0.29) is 5.75 Å². The Morgan fingerprint density at radius 2 is 1.89 bits per heavy atom. The van der Waals surface area contributed by atoms with Crippen molar-refractivity contribution in [2.75, 3.05) is 12.4 Å². The van der Waals surface area contributed by atoms with Crippen molar-refractivity contribution in [3.05, 3.63) is 61.1 Å². The van der Waals surface area contributed by atoms with Gasteiger partial charge in [-0.25, -0.2) is 15.0 Å². The highest BCUT2D eigenvalue weighted by molar-refractivity contribution is 5.93. The van der Waals surface area contributed by atoms with Gasteiger partial charge in [0.2, 0.25) is 0 Å². The Morgan fingerprint density at radius 1 is 1.04 bits per heavy atom. The number of rotatable bonds is 5. The Morgan fingerprint density at radius 3 is 2.64 bits per heavy atom. The molecule has 0 spiro atoms. The number of benzene rings is 2. The van der Waals surface area contributed by atoms with Gasteiger partial charge < -0.3 is 10.1 Å². The number of anilines is 1. The molecular formula is C20H15F2N5O. The van der Waals surface area contributed by atoms with Crippen LogP contribution in [0.2, 0.25) is 0 Å². The van der Waals surface area contributed by atoms with Gasteiger partial charge in [-0.15, -0.1) is 0 Å². The van der Waals surface area contributed by atoms with E-state index in [9.17, 15) is 8.78 Å². The predicted octanol–water partition coefficient (Wildman–Crippen LogP) is 4.40. The molecule has 4 aromatic rings. The molecule has 0 saturated heterocycles. The highest BCUT2D eigenvalue weighted by atomic mass is 19.3. The molecule has 2 heterocycles. The first-order valence-electron chi connectivity index (χ1n) is 8.46. The minimum atomic E-state index is -2.90. The summed E-state index contributed by atoms with van der Waals surface area (Å²) in [5, 5.41) is 3.85. The fourth-order valence-corrected chi connectivity index (χ4v) is 2.92. The molecule has 0 aliphatic rings. The second kappa shape index (κ2) is 7.51. The lowest BCUT2D eigenvalue weighted by Gasteiger charge is -2.12. The average Bonchev–Trinajstić information content (AvgIpc) is 2.73.